The third-order valence-electron chi connectivity index (χ3n) is 5.83. The second-order valence-corrected chi connectivity index (χ2v) is 8.13. The Morgan fingerprint density at radius 2 is 1.46 bits per heavy atom. The lowest BCUT2D eigenvalue weighted by Gasteiger charge is -2.32. The Morgan fingerprint density at radius 3 is 1.96 bits per heavy atom. The Kier molecular flexibility index (Phi) is 4.23. The molecule has 144 valence electrons. The van der Waals surface area contributed by atoms with Crippen LogP contribution in [0, 0.1) is 0 Å². The molecule has 0 saturated carbocycles. The van der Waals surface area contributed by atoms with Crippen molar-refractivity contribution in [3.8, 4) is 0 Å². The second kappa shape index (κ2) is 6.27. The van der Waals surface area contributed by atoms with Gasteiger partial charge in [-0.25, -0.2) is 4.90 Å². The van der Waals surface area contributed by atoms with Gasteiger partial charge in [0.05, 0.1) is 34.6 Å². The van der Waals surface area contributed by atoms with Crippen LogP contribution in [0.3, 0.4) is 0 Å². The maximum Gasteiger partial charge on any atom is 0.494 e. The highest BCUT2D eigenvalue weighted by Gasteiger charge is 2.51. The van der Waals surface area contributed by atoms with Crippen molar-refractivity contribution in [2.75, 3.05) is 4.90 Å². The molecule has 1 saturated heterocycles. The third kappa shape index (κ3) is 2.70. The molecule has 2 aliphatic rings. The first-order valence-corrected chi connectivity index (χ1v) is 9.23. The molecule has 1 fully saturated rings. The zero-order valence-electron chi connectivity index (χ0n) is 16.4. The molecule has 2 aromatic rings. The van der Waals surface area contributed by atoms with Crippen LogP contribution in [-0.2, 0) is 15.9 Å². The molecule has 6 nitrogen and oxygen atoms in total. The molecular weight excluding hydrogens is 357 g/mol. The summed E-state index contributed by atoms with van der Waals surface area (Å²) in [5.41, 5.74) is 1.31. The van der Waals surface area contributed by atoms with Gasteiger partial charge in [0.25, 0.3) is 11.8 Å². The molecule has 2 heterocycles. The number of carbonyl (C=O) groups is 2. The number of carbonyl (C=O) groups excluding carboxylic acids is 2. The van der Waals surface area contributed by atoms with Crippen LogP contribution in [0.5, 0.6) is 0 Å². The molecule has 4 rings (SSSR count). The van der Waals surface area contributed by atoms with E-state index in [4.69, 9.17) is 9.31 Å². The number of nitrogens with zero attached hydrogens (tertiary/aromatic N) is 1. The van der Waals surface area contributed by atoms with E-state index in [-0.39, 0.29) is 6.61 Å². The van der Waals surface area contributed by atoms with Crippen LogP contribution in [0.15, 0.2) is 42.5 Å². The molecule has 2 aromatic carbocycles. The van der Waals surface area contributed by atoms with Crippen molar-refractivity contribution in [3.63, 3.8) is 0 Å². The molecule has 0 bridgehead atoms. The highest BCUT2D eigenvalue weighted by atomic mass is 16.7. The second-order valence-electron chi connectivity index (χ2n) is 8.13. The van der Waals surface area contributed by atoms with Gasteiger partial charge in [-0.2, -0.15) is 0 Å². The lowest BCUT2D eigenvalue weighted by Crippen LogP contribution is -2.41. The van der Waals surface area contributed by atoms with Crippen molar-refractivity contribution < 1.29 is 24.0 Å². The van der Waals surface area contributed by atoms with Gasteiger partial charge in [0.1, 0.15) is 0 Å². The number of amides is 2. The standard InChI is InChI=1S/C21H22BNO5/c1-20(2)21(3,4)28-22(27-20)14-9-10-17(13(11-14)12-24)23-18(25)15-7-5-6-8-16(15)19(23)26/h5-11,24H,12H2,1-4H3. The van der Waals surface area contributed by atoms with Crippen molar-refractivity contribution in [2.45, 2.75) is 45.5 Å². The summed E-state index contributed by atoms with van der Waals surface area (Å²) in [7, 11) is -0.591. The van der Waals surface area contributed by atoms with Gasteiger partial charge in [0.2, 0.25) is 0 Å². The minimum Gasteiger partial charge on any atom is -0.399 e. The molecule has 1 N–H and O–H groups in total. The highest BCUT2D eigenvalue weighted by molar-refractivity contribution is 6.62. The van der Waals surface area contributed by atoms with Crippen molar-refractivity contribution in [3.05, 3.63) is 59.2 Å². The SMILES string of the molecule is CC1(C)OB(c2ccc(N3C(=O)c4ccccc4C3=O)c(CO)c2)OC1(C)C. The fourth-order valence-electron chi connectivity index (χ4n) is 3.48. The Bertz CT molecular complexity index is 934. The number of hydrogen-bond donors (Lipinski definition) is 1. The van der Waals surface area contributed by atoms with Gasteiger partial charge in [-0.3, -0.25) is 9.59 Å². The Hall–Kier alpha value is -2.48. The summed E-state index contributed by atoms with van der Waals surface area (Å²) in [6.07, 6.45) is 0. The monoisotopic (exact) mass is 379 g/mol. The molecule has 28 heavy (non-hydrogen) atoms. The molecule has 0 radical (unpaired) electrons. The topological polar surface area (TPSA) is 76.1 Å². The third-order valence-corrected chi connectivity index (χ3v) is 5.83. The summed E-state index contributed by atoms with van der Waals surface area (Å²) in [6.45, 7) is 7.54. The van der Waals surface area contributed by atoms with Gasteiger partial charge in [0, 0.05) is 5.56 Å². The number of rotatable bonds is 3. The average Bonchev–Trinajstić information content (AvgIpc) is 3.04. The van der Waals surface area contributed by atoms with Crippen LogP contribution < -0.4 is 10.4 Å². The molecule has 0 aromatic heterocycles. The van der Waals surface area contributed by atoms with Crippen LogP contribution in [0.4, 0.5) is 5.69 Å². The Morgan fingerprint density at radius 1 is 0.929 bits per heavy atom. The lowest BCUT2D eigenvalue weighted by molar-refractivity contribution is 0.00578. The largest absolute Gasteiger partial charge is 0.494 e. The van der Waals surface area contributed by atoms with Crippen LogP contribution in [0.2, 0.25) is 0 Å². The number of fused-ring (bicyclic) bond motifs is 1. The molecule has 0 aliphatic carbocycles. The van der Waals surface area contributed by atoms with E-state index in [1.165, 1.54) is 0 Å². The first-order chi connectivity index (χ1) is 13.2. The van der Waals surface area contributed by atoms with E-state index in [1.54, 1.807) is 42.5 Å². The van der Waals surface area contributed by atoms with Gasteiger partial charge < -0.3 is 14.4 Å². The average molecular weight is 379 g/mol. The van der Waals surface area contributed by atoms with E-state index in [0.717, 1.165) is 10.4 Å². The molecular formula is C21H22BNO5. The van der Waals surface area contributed by atoms with Crippen molar-refractivity contribution >= 4 is 30.1 Å². The predicted molar refractivity (Wildman–Crippen MR) is 106 cm³/mol. The molecule has 0 atom stereocenters. The number of aliphatic hydroxyl groups is 1. The minimum atomic E-state index is -0.591. The minimum absolute atomic E-state index is 0.323. The molecule has 2 aliphatic heterocycles. The van der Waals surface area contributed by atoms with E-state index in [2.05, 4.69) is 0 Å². The molecule has 2 amide bonds. The predicted octanol–water partition coefficient (Wildman–Crippen LogP) is 2.28. The van der Waals surface area contributed by atoms with E-state index in [0.29, 0.717) is 22.4 Å². The van der Waals surface area contributed by atoms with Crippen LogP contribution in [0.1, 0.15) is 54.0 Å². The van der Waals surface area contributed by atoms with Gasteiger partial charge >= 0.3 is 7.12 Å². The summed E-state index contributed by atoms with van der Waals surface area (Å²) < 4.78 is 12.1. The molecule has 0 spiro atoms. The maximum absolute atomic E-state index is 12.8. The Balaban J connectivity index is 1.70. The first kappa shape index (κ1) is 18.9. The van der Waals surface area contributed by atoms with Gasteiger partial charge in [-0.05, 0) is 51.4 Å². The summed E-state index contributed by atoms with van der Waals surface area (Å²) in [5.74, 6) is -0.780. The summed E-state index contributed by atoms with van der Waals surface area (Å²) in [6, 6.07) is 11.9. The number of aliphatic hydroxyl groups excluding tert-OH is 1. The van der Waals surface area contributed by atoms with Crippen LogP contribution in [-0.4, -0.2) is 35.2 Å². The summed E-state index contributed by atoms with van der Waals surface area (Å²) >= 11 is 0. The zero-order chi connectivity index (χ0) is 20.3. The molecule has 7 heteroatoms. The van der Waals surface area contributed by atoms with Crippen LogP contribution >= 0.6 is 0 Å². The normalized spacial score (nSPS) is 20.0. The van der Waals surface area contributed by atoms with E-state index < -0.39 is 30.1 Å². The molecule has 0 unspecified atom stereocenters. The van der Waals surface area contributed by atoms with E-state index in [9.17, 15) is 14.7 Å². The Labute approximate surface area is 164 Å². The van der Waals surface area contributed by atoms with E-state index in [1.807, 2.05) is 27.7 Å². The first-order valence-electron chi connectivity index (χ1n) is 9.23. The van der Waals surface area contributed by atoms with E-state index >= 15 is 0 Å². The fraction of sp³-hybridized carbons (Fsp3) is 0.333. The maximum atomic E-state index is 12.8. The zero-order valence-corrected chi connectivity index (χ0v) is 16.4. The summed E-state index contributed by atoms with van der Waals surface area (Å²) in [5, 5.41) is 9.91. The number of imide groups is 1. The quantitative estimate of drug-likeness (QED) is 0.654. The summed E-state index contributed by atoms with van der Waals surface area (Å²) in [4.78, 5) is 26.6. The van der Waals surface area contributed by atoms with Crippen LogP contribution in [0.25, 0.3) is 0 Å². The fourth-order valence-corrected chi connectivity index (χ4v) is 3.48. The smallest absolute Gasteiger partial charge is 0.399 e. The van der Waals surface area contributed by atoms with Crippen molar-refractivity contribution in [1.29, 1.82) is 0 Å². The number of benzene rings is 2. The van der Waals surface area contributed by atoms with Crippen molar-refractivity contribution in [2.24, 2.45) is 0 Å². The lowest BCUT2D eigenvalue weighted by atomic mass is 9.78. The van der Waals surface area contributed by atoms with Crippen molar-refractivity contribution in [1.82, 2.24) is 0 Å². The van der Waals surface area contributed by atoms with Gasteiger partial charge in [-0.15, -0.1) is 0 Å². The number of hydrogen-bond acceptors (Lipinski definition) is 5. The number of anilines is 1. The highest BCUT2D eigenvalue weighted by Crippen LogP contribution is 2.37. The van der Waals surface area contributed by atoms with Gasteiger partial charge in [0.15, 0.2) is 0 Å². The van der Waals surface area contributed by atoms with Gasteiger partial charge in [-0.1, -0.05) is 24.3 Å².